The molecule has 0 aliphatic carbocycles. The quantitative estimate of drug-likeness (QED) is 0.624. The van der Waals surface area contributed by atoms with E-state index in [1.165, 1.54) is 30.3 Å². The van der Waals surface area contributed by atoms with Crippen molar-refractivity contribution in [3.63, 3.8) is 0 Å². The molecule has 0 aliphatic heterocycles. The number of sulfone groups is 1. The van der Waals surface area contributed by atoms with E-state index in [4.69, 9.17) is 0 Å². The van der Waals surface area contributed by atoms with Crippen LogP contribution >= 0.6 is 11.8 Å². The molecule has 0 spiro atoms. The number of benzene rings is 3. The Bertz CT molecular complexity index is 939. The molecular weight excluding hydrogens is 338 g/mol. The lowest BCUT2D eigenvalue weighted by atomic mass is 10.1. The summed E-state index contributed by atoms with van der Waals surface area (Å²) in [7, 11) is -4.76. The van der Waals surface area contributed by atoms with Crippen LogP contribution in [0.25, 0.3) is 10.8 Å². The van der Waals surface area contributed by atoms with Gasteiger partial charge in [0, 0.05) is 4.90 Å². The van der Waals surface area contributed by atoms with Crippen molar-refractivity contribution in [2.24, 2.45) is 0 Å². The maximum Gasteiger partial charge on any atom is 0.401 e. The summed E-state index contributed by atoms with van der Waals surface area (Å²) in [6, 6.07) is 18.8. The molecule has 0 aliphatic rings. The molecule has 0 saturated heterocycles. The molecule has 0 fully saturated rings. The standard InChI is InChI=1S/C17H12F2O2S2/c18-17(19,23(20,21)16-8-2-1-3-9-16)22-15-11-10-13-6-4-5-7-14(13)12-15/h1-12H. The third-order valence-electron chi connectivity index (χ3n) is 3.32. The van der Waals surface area contributed by atoms with E-state index in [1.807, 2.05) is 12.1 Å². The van der Waals surface area contributed by atoms with E-state index in [-0.39, 0.29) is 16.7 Å². The van der Waals surface area contributed by atoms with Gasteiger partial charge in [-0.05, 0) is 46.8 Å². The van der Waals surface area contributed by atoms with Crippen LogP contribution in [0.1, 0.15) is 0 Å². The molecule has 3 aromatic carbocycles. The zero-order valence-corrected chi connectivity index (χ0v) is 13.5. The minimum absolute atomic E-state index is 0.0412. The first-order chi connectivity index (χ1) is 10.9. The Morgan fingerprint density at radius 3 is 2.09 bits per heavy atom. The van der Waals surface area contributed by atoms with E-state index in [2.05, 4.69) is 0 Å². The Kier molecular flexibility index (Phi) is 4.12. The van der Waals surface area contributed by atoms with E-state index in [9.17, 15) is 17.2 Å². The number of alkyl halides is 2. The van der Waals surface area contributed by atoms with E-state index in [0.29, 0.717) is 0 Å². The Balaban J connectivity index is 1.96. The fourth-order valence-electron chi connectivity index (χ4n) is 2.16. The van der Waals surface area contributed by atoms with Gasteiger partial charge in [-0.1, -0.05) is 48.5 Å². The highest BCUT2D eigenvalue weighted by Crippen LogP contribution is 2.43. The van der Waals surface area contributed by atoms with Crippen LogP contribution in [0, 0.1) is 0 Å². The van der Waals surface area contributed by atoms with Crippen molar-refractivity contribution in [1.82, 2.24) is 0 Å². The van der Waals surface area contributed by atoms with Gasteiger partial charge in [0.15, 0.2) is 0 Å². The summed E-state index contributed by atoms with van der Waals surface area (Å²) in [4.78, 5) is -0.188. The lowest BCUT2D eigenvalue weighted by Gasteiger charge is -2.16. The van der Waals surface area contributed by atoms with Crippen LogP contribution in [0.5, 0.6) is 0 Å². The highest BCUT2D eigenvalue weighted by Gasteiger charge is 2.47. The van der Waals surface area contributed by atoms with Crippen LogP contribution in [0.2, 0.25) is 0 Å². The summed E-state index contributed by atoms with van der Waals surface area (Å²) in [5, 5.41) is 1.69. The van der Waals surface area contributed by atoms with Gasteiger partial charge >= 0.3 is 4.59 Å². The number of hydrogen-bond donors (Lipinski definition) is 0. The van der Waals surface area contributed by atoms with Gasteiger partial charge < -0.3 is 0 Å². The van der Waals surface area contributed by atoms with Crippen molar-refractivity contribution in [2.45, 2.75) is 14.4 Å². The maximum atomic E-state index is 14.3. The Labute approximate surface area is 137 Å². The molecule has 0 radical (unpaired) electrons. The van der Waals surface area contributed by atoms with Gasteiger partial charge in [-0.2, -0.15) is 8.78 Å². The first-order valence-electron chi connectivity index (χ1n) is 6.75. The molecule has 0 atom stereocenters. The largest absolute Gasteiger partial charge is 0.401 e. The number of fused-ring (bicyclic) bond motifs is 1. The van der Waals surface area contributed by atoms with E-state index in [1.54, 1.807) is 30.3 Å². The molecule has 3 rings (SSSR count). The molecule has 0 saturated carbocycles. The van der Waals surface area contributed by atoms with Crippen molar-refractivity contribution >= 4 is 32.4 Å². The normalized spacial score (nSPS) is 12.4. The average molecular weight is 350 g/mol. The van der Waals surface area contributed by atoms with Crippen LogP contribution in [-0.4, -0.2) is 13.0 Å². The minimum Gasteiger partial charge on any atom is -0.216 e. The summed E-state index contributed by atoms with van der Waals surface area (Å²) in [5.74, 6) is 0. The lowest BCUT2D eigenvalue weighted by molar-refractivity contribution is 0.195. The first-order valence-corrected chi connectivity index (χ1v) is 9.05. The van der Waals surface area contributed by atoms with Gasteiger partial charge in [-0.25, -0.2) is 8.42 Å². The lowest BCUT2D eigenvalue weighted by Crippen LogP contribution is -2.24. The predicted molar refractivity (Wildman–Crippen MR) is 88.4 cm³/mol. The number of halogens is 2. The van der Waals surface area contributed by atoms with Gasteiger partial charge in [0.05, 0.1) is 4.90 Å². The molecule has 3 aromatic rings. The topological polar surface area (TPSA) is 34.1 Å². The third kappa shape index (κ3) is 3.09. The molecule has 23 heavy (non-hydrogen) atoms. The van der Waals surface area contributed by atoms with Gasteiger partial charge in [0.1, 0.15) is 0 Å². The Morgan fingerprint density at radius 2 is 1.39 bits per heavy atom. The molecule has 0 aromatic heterocycles. The molecule has 6 heteroatoms. The number of hydrogen-bond acceptors (Lipinski definition) is 3. The average Bonchev–Trinajstić information content (AvgIpc) is 2.55. The van der Waals surface area contributed by atoms with E-state index < -0.39 is 19.3 Å². The van der Waals surface area contributed by atoms with Crippen molar-refractivity contribution in [3.05, 3.63) is 72.8 Å². The fourth-order valence-corrected chi connectivity index (χ4v) is 4.56. The molecule has 0 N–H and O–H groups in total. The molecule has 0 amide bonds. The van der Waals surface area contributed by atoms with Crippen molar-refractivity contribution in [2.75, 3.05) is 0 Å². The summed E-state index contributed by atoms with van der Waals surface area (Å²) in [6.07, 6.45) is 0. The Hall–Kier alpha value is -1.92. The SMILES string of the molecule is O=S(=O)(c1ccccc1)C(F)(F)Sc1ccc2ccccc2c1. The molecule has 2 nitrogen and oxygen atoms in total. The molecule has 0 heterocycles. The molecule has 0 bridgehead atoms. The molecule has 0 unspecified atom stereocenters. The van der Waals surface area contributed by atoms with Crippen LogP contribution in [0.15, 0.2) is 82.6 Å². The van der Waals surface area contributed by atoms with E-state index >= 15 is 0 Å². The smallest absolute Gasteiger partial charge is 0.216 e. The van der Waals surface area contributed by atoms with Crippen LogP contribution < -0.4 is 0 Å². The van der Waals surface area contributed by atoms with Crippen molar-refractivity contribution in [1.29, 1.82) is 0 Å². The fraction of sp³-hybridized carbons (Fsp3) is 0.0588. The number of thioether (sulfide) groups is 1. The van der Waals surface area contributed by atoms with Crippen LogP contribution in [0.3, 0.4) is 0 Å². The van der Waals surface area contributed by atoms with Crippen molar-refractivity contribution in [3.8, 4) is 0 Å². The monoisotopic (exact) mass is 350 g/mol. The minimum atomic E-state index is -4.76. The highest BCUT2D eigenvalue weighted by atomic mass is 32.3. The highest BCUT2D eigenvalue weighted by molar-refractivity contribution is 8.14. The Morgan fingerprint density at radius 1 is 0.783 bits per heavy atom. The third-order valence-corrected chi connectivity index (χ3v) is 6.48. The second kappa shape index (κ2) is 5.94. The van der Waals surface area contributed by atoms with E-state index in [0.717, 1.165) is 10.8 Å². The summed E-state index contributed by atoms with van der Waals surface area (Å²) in [6.45, 7) is 0. The first kappa shape index (κ1) is 16.0. The molecule has 118 valence electrons. The second-order valence-corrected chi connectivity index (χ2v) is 8.33. The maximum absolute atomic E-state index is 14.3. The summed E-state index contributed by atoms with van der Waals surface area (Å²) < 4.78 is 49.1. The second-order valence-electron chi connectivity index (χ2n) is 4.89. The van der Waals surface area contributed by atoms with Gasteiger partial charge in [0.2, 0.25) is 0 Å². The zero-order valence-electron chi connectivity index (χ0n) is 11.8. The molecular formula is C17H12F2O2S2. The van der Waals surface area contributed by atoms with Crippen LogP contribution in [-0.2, 0) is 9.84 Å². The zero-order chi connectivity index (χ0) is 16.5. The summed E-state index contributed by atoms with van der Waals surface area (Å²) >= 11 is 0.0412. The number of rotatable bonds is 4. The van der Waals surface area contributed by atoms with Gasteiger partial charge in [0.25, 0.3) is 9.84 Å². The van der Waals surface area contributed by atoms with Crippen molar-refractivity contribution < 1.29 is 17.2 Å². The van der Waals surface area contributed by atoms with Gasteiger partial charge in [-0.15, -0.1) is 0 Å². The van der Waals surface area contributed by atoms with Crippen LogP contribution in [0.4, 0.5) is 8.78 Å². The summed E-state index contributed by atoms with van der Waals surface area (Å²) in [5.41, 5.74) is 0. The predicted octanol–water partition coefficient (Wildman–Crippen LogP) is 4.96. The van der Waals surface area contributed by atoms with Gasteiger partial charge in [-0.3, -0.25) is 0 Å².